The van der Waals surface area contributed by atoms with Gasteiger partial charge in [-0.15, -0.1) is 0 Å². The third-order valence-corrected chi connectivity index (χ3v) is 3.44. The normalized spacial score (nSPS) is 11.5. The third kappa shape index (κ3) is 9.46. The highest BCUT2D eigenvalue weighted by Crippen LogP contribution is 2.09. The molecule has 120 valence electrons. The predicted molar refractivity (Wildman–Crippen MR) is 80.1 cm³/mol. The van der Waals surface area contributed by atoms with Crippen molar-refractivity contribution in [2.24, 2.45) is 0 Å². The van der Waals surface area contributed by atoms with Gasteiger partial charge in [-0.3, -0.25) is 4.79 Å². The molecule has 1 aromatic heterocycles. The minimum absolute atomic E-state index is 0. The third-order valence-electron chi connectivity index (χ3n) is 3.44. The molecule has 0 radical (unpaired) electrons. The highest BCUT2D eigenvalue weighted by molar-refractivity contribution is 5.69. The van der Waals surface area contributed by atoms with Crippen LogP contribution in [0.2, 0.25) is 0 Å². The summed E-state index contributed by atoms with van der Waals surface area (Å²) in [5, 5.41) is 0. The number of carbonyl (C=O) groups is 1. The van der Waals surface area contributed by atoms with Crippen molar-refractivity contribution in [2.75, 3.05) is 0 Å². The second-order valence-electron chi connectivity index (χ2n) is 5.28. The Morgan fingerprint density at radius 2 is 1.57 bits per heavy atom. The number of ether oxygens (including phenoxy) is 1. The zero-order valence-electron chi connectivity index (χ0n) is 13.3. The van der Waals surface area contributed by atoms with Gasteiger partial charge in [0.15, 0.2) is 12.4 Å². The van der Waals surface area contributed by atoms with Crippen LogP contribution in [0.4, 0.5) is 0 Å². The lowest BCUT2D eigenvalue weighted by Crippen LogP contribution is -3.00. The number of esters is 1. The summed E-state index contributed by atoms with van der Waals surface area (Å²) in [5.74, 6) is -0.0950. The molecule has 0 fully saturated rings. The van der Waals surface area contributed by atoms with Crippen LogP contribution in [0, 0.1) is 0 Å². The van der Waals surface area contributed by atoms with Crippen LogP contribution >= 0.6 is 0 Å². The van der Waals surface area contributed by atoms with E-state index in [-0.39, 0.29) is 24.6 Å². The molecule has 0 aliphatic carbocycles. The average Bonchev–Trinajstić information content (AvgIpc) is 2.47. The molecular weight excluding hydrogens is 286 g/mol. The van der Waals surface area contributed by atoms with Crippen molar-refractivity contribution in [3.8, 4) is 0 Å². The summed E-state index contributed by atoms with van der Waals surface area (Å²) in [7, 11) is 0. The molecule has 0 N–H and O–H groups in total. The molecule has 0 spiro atoms. The van der Waals surface area contributed by atoms with E-state index >= 15 is 0 Å². The molecule has 1 unspecified atom stereocenters. The summed E-state index contributed by atoms with van der Waals surface area (Å²) in [4.78, 5) is 11.7. The number of pyridine rings is 1. The maximum absolute atomic E-state index is 11.7. The minimum atomic E-state index is -0.228. The average molecular weight is 314 g/mol. The summed E-state index contributed by atoms with van der Waals surface area (Å²) >= 11 is 0. The first-order valence-corrected chi connectivity index (χ1v) is 7.89. The van der Waals surface area contributed by atoms with Crippen molar-refractivity contribution >= 4 is 5.97 Å². The van der Waals surface area contributed by atoms with Crippen LogP contribution in [0.15, 0.2) is 30.6 Å². The second kappa shape index (κ2) is 12.6. The largest absolute Gasteiger partial charge is 1.00 e. The first-order chi connectivity index (χ1) is 9.74. The zero-order valence-corrected chi connectivity index (χ0v) is 14.0. The highest BCUT2D eigenvalue weighted by Gasteiger charge is 2.15. The van der Waals surface area contributed by atoms with Crippen molar-refractivity contribution in [1.29, 1.82) is 0 Å². The van der Waals surface area contributed by atoms with Crippen molar-refractivity contribution in [2.45, 2.75) is 71.4 Å². The number of aromatic nitrogens is 1. The first kappa shape index (κ1) is 19.9. The molecule has 0 bridgehead atoms. The van der Waals surface area contributed by atoms with Gasteiger partial charge >= 0.3 is 12.2 Å². The SMILES string of the molecule is CCCCCCCCCC(=O)OC(C)[n+]1ccccc1.[Cl-]. The van der Waals surface area contributed by atoms with Crippen molar-refractivity contribution < 1.29 is 26.5 Å². The van der Waals surface area contributed by atoms with E-state index in [1.165, 1.54) is 32.1 Å². The number of hydrogen-bond donors (Lipinski definition) is 0. The Morgan fingerprint density at radius 3 is 2.19 bits per heavy atom. The molecule has 0 amide bonds. The monoisotopic (exact) mass is 313 g/mol. The summed E-state index contributed by atoms with van der Waals surface area (Å²) in [5.41, 5.74) is 0. The van der Waals surface area contributed by atoms with Gasteiger partial charge in [0.1, 0.15) is 0 Å². The van der Waals surface area contributed by atoms with Crippen molar-refractivity contribution in [1.82, 2.24) is 0 Å². The Labute approximate surface area is 135 Å². The Morgan fingerprint density at radius 1 is 1.00 bits per heavy atom. The molecule has 1 atom stereocenters. The number of unbranched alkanes of at least 4 members (excludes halogenated alkanes) is 6. The summed E-state index contributed by atoms with van der Waals surface area (Å²) < 4.78 is 7.30. The molecule has 0 saturated heterocycles. The molecule has 1 rings (SSSR count). The first-order valence-electron chi connectivity index (χ1n) is 7.89. The molecule has 1 heterocycles. The quantitative estimate of drug-likeness (QED) is 0.369. The predicted octanol–water partition coefficient (Wildman–Crippen LogP) is 1.18. The molecule has 1 aromatic rings. The smallest absolute Gasteiger partial charge is 0.310 e. The second-order valence-corrected chi connectivity index (χ2v) is 5.28. The molecule has 3 nitrogen and oxygen atoms in total. The molecular formula is C17H28ClNO2. The van der Waals surface area contributed by atoms with E-state index in [0.29, 0.717) is 6.42 Å². The fourth-order valence-corrected chi connectivity index (χ4v) is 2.19. The van der Waals surface area contributed by atoms with Crippen LogP contribution < -0.4 is 17.0 Å². The number of nitrogens with zero attached hydrogens (tertiary/aromatic N) is 1. The number of hydrogen-bond acceptors (Lipinski definition) is 2. The van der Waals surface area contributed by atoms with Gasteiger partial charge in [-0.2, -0.15) is 4.57 Å². The lowest BCUT2D eigenvalue weighted by atomic mass is 10.1. The summed E-state index contributed by atoms with van der Waals surface area (Å²) in [6.07, 6.45) is 12.6. The van der Waals surface area contributed by atoms with Gasteiger partial charge in [0.25, 0.3) is 0 Å². The van der Waals surface area contributed by atoms with E-state index in [2.05, 4.69) is 6.92 Å². The lowest BCUT2D eigenvalue weighted by molar-refractivity contribution is -0.753. The number of rotatable bonds is 10. The van der Waals surface area contributed by atoms with Crippen molar-refractivity contribution in [3.63, 3.8) is 0 Å². The summed E-state index contributed by atoms with van der Waals surface area (Å²) in [6.45, 7) is 4.12. The van der Waals surface area contributed by atoms with E-state index in [0.717, 1.165) is 12.8 Å². The van der Waals surface area contributed by atoms with Gasteiger partial charge in [-0.25, -0.2) is 0 Å². The van der Waals surface area contributed by atoms with Gasteiger partial charge in [0.2, 0.25) is 0 Å². The zero-order chi connectivity index (χ0) is 14.6. The van der Waals surface area contributed by atoms with Gasteiger partial charge < -0.3 is 17.1 Å². The van der Waals surface area contributed by atoms with Crippen LogP contribution in [0.1, 0.15) is 71.4 Å². The molecule has 0 aromatic carbocycles. The maximum Gasteiger partial charge on any atom is 0.310 e. The van der Waals surface area contributed by atoms with Crippen molar-refractivity contribution in [3.05, 3.63) is 30.6 Å². The van der Waals surface area contributed by atoms with E-state index in [4.69, 9.17) is 4.74 Å². The maximum atomic E-state index is 11.7. The standard InChI is InChI=1S/C17H28NO2.ClH/c1-3-4-5-6-7-8-10-13-17(19)20-16(2)18-14-11-9-12-15-18;/h9,11-12,14-16H,3-8,10,13H2,1-2H3;1H/q+1;/p-1. The van der Waals surface area contributed by atoms with Crippen LogP contribution in [-0.2, 0) is 9.53 Å². The highest BCUT2D eigenvalue weighted by atomic mass is 35.5. The molecule has 0 aliphatic heterocycles. The Balaban J connectivity index is 0.00000400. The van der Waals surface area contributed by atoms with Gasteiger partial charge in [-0.05, 0) is 6.42 Å². The fraction of sp³-hybridized carbons (Fsp3) is 0.647. The fourth-order valence-electron chi connectivity index (χ4n) is 2.19. The van der Waals surface area contributed by atoms with Gasteiger partial charge in [0.05, 0.1) is 0 Å². The van der Waals surface area contributed by atoms with E-state index in [9.17, 15) is 4.79 Å². The Kier molecular flexibility index (Phi) is 12.0. The molecule has 21 heavy (non-hydrogen) atoms. The van der Waals surface area contributed by atoms with Crippen LogP contribution in [0.3, 0.4) is 0 Å². The molecule has 4 heteroatoms. The van der Waals surface area contributed by atoms with E-state index < -0.39 is 0 Å². The molecule has 0 saturated carbocycles. The molecule has 0 aliphatic rings. The van der Waals surface area contributed by atoms with E-state index in [1.807, 2.05) is 42.1 Å². The van der Waals surface area contributed by atoms with Crippen LogP contribution in [-0.4, -0.2) is 5.97 Å². The van der Waals surface area contributed by atoms with Gasteiger partial charge in [0, 0.05) is 25.5 Å². The Hall–Kier alpha value is -1.09. The number of carbonyl (C=O) groups excluding carboxylic acids is 1. The Bertz CT molecular complexity index is 370. The summed E-state index contributed by atoms with van der Waals surface area (Å²) in [6, 6.07) is 5.81. The van der Waals surface area contributed by atoms with Crippen LogP contribution in [0.5, 0.6) is 0 Å². The van der Waals surface area contributed by atoms with E-state index in [1.54, 1.807) is 0 Å². The minimum Gasteiger partial charge on any atom is -1.00 e. The number of halogens is 1. The lowest BCUT2D eigenvalue weighted by Gasteiger charge is -2.08. The van der Waals surface area contributed by atoms with Crippen LogP contribution in [0.25, 0.3) is 0 Å². The topological polar surface area (TPSA) is 30.2 Å². The van der Waals surface area contributed by atoms with Gasteiger partial charge in [-0.1, -0.05) is 51.5 Å².